The SMILES string of the molecule is CC(=O)ONC(N)=NN=Cc1ccc(Cl)c([N+](=O)[O-])c1. The normalized spacial score (nSPS) is 11.4. The Morgan fingerprint density at radius 2 is 2.30 bits per heavy atom. The van der Waals surface area contributed by atoms with Crippen LogP contribution in [0.25, 0.3) is 0 Å². The van der Waals surface area contributed by atoms with Crippen molar-refractivity contribution in [3.8, 4) is 0 Å². The number of halogens is 1. The van der Waals surface area contributed by atoms with Crippen molar-refractivity contribution in [2.45, 2.75) is 6.92 Å². The van der Waals surface area contributed by atoms with Gasteiger partial charge in [0.25, 0.3) is 5.69 Å². The van der Waals surface area contributed by atoms with Gasteiger partial charge in [-0.25, -0.2) is 0 Å². The van der Waals surface area contributed by atoms with Gasteiger partial charge in [0.2, 0.25) is 5.96 Å². The molecule has 9 nitrogen and oxygen atoms in total. The van der Waals surface area contributed by atoms with Crippen LogP contribution in [0, 0.1) is 10.1 Å². The van der Waals surface area contributed by atoms with Crippen molar-refractivity contribution in [3.63, 3.8) is 0 Å². The number of nitro benzene ring substituents is 1. The van der Waals surface area contributed by atoms with Crippen molar-refractivity contribution in [2.75, 3.05) is 0 Å². The van der Waals surface area contributed by atoms with Gasteiger partial charge in [-0.2, -0.15) is 10.6 Å². The molecule has 10 heteroatoms. The number of nitrogens with zero attached hydrogens (tertiary/aromatic N) is 3. The van der Waals surface area contributed by atoms with Crippen LogP contribution in [-0.4, -0.2) is 23.1 Å². The summed E-state index contributed by atoms with van der Waals surface area (Å²) in [7, 11) is 0. The van der Waals surface area contributed by atoms with Gasteiger partial charge < -0.3 is 10.6 Å². The number of carbonyl (C=O) groups is 1. The molecule has 0 spiro atoms. The molecule has 0 amide bonds. The molecular formula is C10H10ClN5O4. The Hall–Kier alpha value is -2.68. The molecule has 0 atom stereocenters. The first kappa shape index (κ1) is 15.4. The summed E-state index contributed by atoms with van der Waals surface area (Å²) in [5.74, 6) is -0.847. The Balaban J connectivity index is 2.75. The lowest BCUT2D eigenvalue weighted by Crippen LogP contribution is -2.32. The minimum Gasteiger partial charge on any atom is -0.366 e. The standard InChI is InChI=1S/C10H10ClN5O4/c1-6(17)20-15-10(12)14-13-5-7-2-3-8(11)9(4-7)16(18)19/h2-5H,1H3,(H3,12,14,15). The Kier molecular flexibility index (Phi) is 5.42. The topological polar surface area (TPSA) is 132 Å². The number of carbonyl (C=O) groups excluding carboxylic acids is 1. The second-order valence-electron chi connectivity index (χ2n) is 3.39. The summed E-state index contributed by atoms with van der Waals surface area (Å²) in [5.41, 5.74) is 7.51. The van der Waals surface area contributed by atoms with E-state index in [1.165, 1.54) is 31.3 Å². The van der Waals surface area contributed by atoms with Gasteiger partial charge in [0.05, 0.1) is 11.1 Å². The van der Waals surface area contributed by atoms with Gasteiger partial charge in [-0.05, 0) is 6.07 Å². The molecule has 106 valence electrons. The maximum Gasteiger partial charge on any atom is 0.329 e. The lowest BCUT2D eigenvalue weighted by atomic mass is 10.2. The zero-order valence-corrected chi connectivity index (χ0v) is 11.0. The molecule has 0 heterocycles. The van der Waals surface area contributed by atoms with Gasteiger partial charge >= 0.3 is 5.97 Å². The Labute approximate surface area is 118 Å². The van der Waals surface area contributed by atoms with E-state index in [1.807, 2.05) is 5.48 Å². The maximum absolute atomic E-state index is 10.7. The van der Waals surface area contributed by atoms with Crippen molar-refractivity contribution in [3.05, 3.63) is 38.9 Å². The second-order valence-corrected chi connectivity index (χ2v) is 3.80. The predicted molar refractivity (Wildman–Crippen MR) is 72.2 cm³/mol. The van der Waals surface area contributed by atoms with E-state index in [1.54, 1.807) is 0 Å². The number of hydrogen-bond donors (Lipinski definition) is 2. The third kappa shape index (κ3) is 4.90. The lowest BCUT2D eigenvalue weighted by Gasteiger charge is -2.00. The van der Waals surface area contributed by atoms with Crippen LogP contribution >= 0.6 is 11.6 Å². The number of nitrogens with two attached hydrogens (primary N) is 1. The zero-order valence-electron chi connectivity index (χ0n) is 10.2. The highest BCUT2D eigenvalue weighted by Gasteiger charge is 2.11. The number of nitro groups is 1. The molecule has 0 aliphatic heterocycles. The zero-order chi connectivity index (χ0) is 15.1. The summed E-state index contributed by atoms with van der Waals surface area (Å²) in [6.07, 6.45) is 1.23. The second kappa shape index (κ2) is 7.04. The smallest absolute Gasteiger partial charge is 0.329 e. The summed E-state index contributed by atoms with van der Waals surface area (Å²) in [6, 6.07) is 4.12. The number of guanidine groups is 1. The third-order valence-corrected chi connectivity index (χ3v) is 2.16. The molecule has 1 aromatic rings. The monoisotopic (exact) mass is 299 g/mol. The van der Waals surface area contributed by atoms with E-state index in [-0.39, 0.29) is 16.7 Å². The minimum atomic E-state index is -0.612. The molecule has 0 saturated heterocycles. The molecule has 0 bridgehead atoms. The first-order chi connectivity index (χ1) is 9.40. The highest BCUT2D eigenvalue weighted by molar-refractivity contribution is 6.32. The predicted octanol–water partition coefficient (Wildman–Crippen LogP) is 0.965. The minimum absolute atomic E-state index is 0.0201. The van der Waals surface area contributed by atoms with Crippen LogP contribution in [0.4, 0.5) is 5.69 Å². The average Bonchev–Trinajstić information content (AvgIpc) is 2.38. The number of hydrogen-bond acceptors (Lipinski definition) is 6. The van der Waals surface area contributed by atoms with E-state index in [9.17, 15) is 14.9 Å². The highest BCUT2D eigenvalue weighted by Crippen LogP contribution is 2.24. The molecule has 0 unspecified atom stereocenters. The summed E-state index contributed by atoms with van der Waals surface area (Å²) in [6.45, 7) is 1.18. The van der Waals surface area contributed by atoms with E-state index in [0.29, 0.717) is 5.56 Å². The number of hydroxylamine groups is 1. The van der Waals surface area contributed by atoms with Crippen LogP contribution in [0.3, 0.4) is 0 Å². The fraction of sp³-hybridized carbons (Fsp3) is 0.100. The van der Waals surface area contributed by atoms with Gasteiger partial charge in [-0.1, -0.05) is 17.7 Å². The van der Waals surface area contributed by atoms with Crippen LogP contribution in [0.15, 0.2) is 28.4 Å². The van der Waals surface area contributed by atoms with Gasteiger partial charge in [0, 0.05) is 18.6 Å². The first-order valence-electron chi connectivity index (χ1n) is 5.14. The molecule has 0 fully saturated rings. The van der Waals surface area contributed by atoms with Crippen LogP contribution < -0.4 is 11.2 Å². The molecule has 3 N–H and O–H groups in total. The van der Waals surface area contributed by atoms with Crippen molar-refractivity contribution < 1.29 is 14.6 Å². The van der Waals surface area contributed by atoms with Crippen molar-refractivity contribution >= 4 is 35.4 Å². The van der Waals surface area contributed by atoms with Crippen LogP contribution in [0.1, 0.15) is 12.5 Å². The quantitative estimate of drug-likeness (QED) is 0.370. The molecule has 1 aromatic carbocycles. The molecule has 0 radical (unpaired) electrons. The molecule has 20 heavy (non-hydrogen) atoms. The summed E-state index contributed by atoms with van der Waals surface area (Å²) >= 11 is 5.65. The summed E-state index contributed by atoms with van der Waals surface area (Å²) in [5, 5.41) is 17.7. The lowest BCUT2D eigenvalue weighted by molar-refractivity contribution is -0.384. The first-order valence-corrected chi connectivity index (χ1v) is 5.52. The van der Waals surface area contributed by atoms with Gasteiger partial charge in [0.1, 0.15) is 5.02 Å². The summed E-state index contributed by atoms with van der Waals surface area (Å²) in [4.78, 5) is 24.9. The Morgan fingerprint density at radius 3 is 2.90 bits per heavy atom. The highest BCUT2D eigenvalue weighted by atomic mass is 35.5. The molecular weight excluding hydrogens is 290 g/mol. The van der Waals surface area contributed by atoms with Gasteiger partial charge in [-0.3, -0.25) is 14.9 Å². The number of benzene rings is 1. The van der Waals surface area contributed by atoms with Crippen molar-refractivity contribution in [1.29, 1.82) is 0 Å². The molecule has 0 aliphatic rings. The third-order valence-electron chi connectivity index (χ3n) is 1.84. The van der Waals surface area contributed by atoms with Crippen molar-refractivity contribution in [1.82, 2.24) is 5.48 Å². The van der Waals surface area contributed by atoms with E-state index in [0.717, 1.165) is 0 Å². The molecule has 1 rings (SSSR count). The average molecular weight is 300 g/mol. The van der Waals surface area contributed by atoms with Crippen LogP contribution in [0.2, 0.25) is 5.02 Å². The fourth-order valence-corrected chi connectivity index (χ4v) is 1.24. The Morgan fingerprint density at radius 1 is 1.60 bits per heavy atom. The number of nitrogens with one attached hydrogen (secondary N) is 1. The molecule has 0 aliphatic carbocycles. The Bertz CT molecular complexity index is 587. The van der Waals surface area contributed by atoms with Gasteiger partial charge in [-0.15, -0.1) is 5.10 Å². The number of rotatable bonds is 3. The molecule has 0 aromatic heterocycles. The van der Waals surface area contributed by atoms with Gasteiger partial charge in [0.15, 0.2) is 0 Å². The largest absolute Gasteiger partial charge is 0.366 e. The fourth-order valence-electron chi connectivity index (χ4n) is 1.05. The van der Waals surface area contributed by atoms with Crippen LogP contribution in [-0.2, 0) is 9.63 Å². The van der Waals surface area contributed by atoms with E-state index >= 15 is 0 Å². The van der Waals surface area contributed by atoms with E-state index in [2.05, 4.69) is 15.0 Å². The van der Waals surface area contributed by atoms with Crippen LogP contribution in [0.5, 0.6) is 0 Å². The van der Waals surface area contributed by atoms with E-state index in [4.69, 9.17) is 17.3 Å². The van der Waals surface area contributed by atoms with Crippen molar-refractivity contribution in [2.24, 2.45) is 15.9 Å². The van der Waals surface area contributed by atoms with E-state index < -0.39 is 10.9 Å². The maximum atomic E-state index is 10.7. The summed E-state index contributed by atoms with van der Waals surface area (Å²) < 4.78 is 0. The molecule has 0 saturated carbocycles.